The minimum atomic E-state index is -1.37. The number of aliphatic hydroxyl groups excluding tert-OH is 2. The van der Waals surface area contributed by atoms with Crippen LogP contribution in [0.15, 0.2) is 48.6 Å². The van der Waals surface area contributed by atoms with Crippen LogP contribution in [0.25, 0.3) is 11.1 Å². The normalized spacial score (nSPS) is 12.8. The van der Waals surface area contributed by atoms with E-state index in [1.54, 1.807) is 17.8 Å². The molecule has 0 saturated heterocycles. The first-order valence-corrected chi connectivity index (χ1v) is 11.4. The predicted molar refractivity (Wildman–Crippen MR) is 132 cm³/mol. The Labute approximate surface area is 233 Å². The van der Waals surface area contributed by atoms with Gasteiger partial charge in [0, 0.05) is 37.0 Å². The van der Waals surface area contributed by atoms with Crippen molar-refractivity contribution in [1.82, 2.24) is 20.2 Å². The maximum Gasteiger partial charge on any atom is 1.00 e. The van der Waals surface area contributed by atoms with Crippen LogP contribution in [0.3, 0.4) is 0 Å². The summed E-state index contributed by atoms with van der Waals surface area (Å²) in [6, 6.07) is 12.5. The van der Waals surface area contributed by atoms with E-state index in [1.165, 1.54) is 6.08 Å². The van der Waals surface area contributed by atoms with Gasteiger partial charge in [-0.1, -0.05) is 59.7 Å². The Morgan fingerprint density at radius 3 is 2.03 bits per heavy atom. The predicted octanol–water partition coefficient (Wildman–Crippen LogP) is -0.785. The molecular weight excluding hydrogens is 467 g/mol. The van der Waals surface area contributed by atoms with Crippen molar-refractivity contribution in [3.05, 3.63) is 87.8 Å². The first-order chi connectivity index (χ1) is 16.6. The fourth-order valence-electron chi connectivity index (χ4n) is 4.19. The van der Waals surface area contributed by atoms with Crippen LogP contribution < -0.4 is 34.7 Å². The van der Waals surface area contributed by atoms with Gasteiger partial charge >= 0.3 is 29.6 Å². The number of allylic oxidation sites excluding steroid dienone is 2. The second-order valence-electron chi connectivity index (χ2n) is 8.94. The van der Waals surface area contributed by atoms with Crippen molar-refractivity contribution in [1.29, 1.82) is 0 Å². The molecule has 184 valence electrons. The Hall–Kier alpha value is -2.62. The molecule has 0 bridgehead atoms. The van der Waals surface area contributed by atoms with Gasteiger partial charge in [-0.25, -0.2) is 4.68 Å². The number of carboxylic acid groups (broad SMARTS) is 1. The number of benzene rings is 2. The fraction of sp³-hybridized carbons (Fsp3) is 0.333. The SMILES string of the molecule is Cc1ccc(C(=C(C=CC(O)CC(O)CC(=O)[O-])c2nnnn2C)c2ccc(C)cc2C)c(C)c1.[Na+]. The molecule has 3 aromatic rings. The van der Waals surface area contributed by atoms with Gasteiger partial charge in [-0.3, -0.25) is 0 Å². The number of aromatic nitrogens is 4. The second kappa shape index (κ2) is 13.1. The van der Waals surface area contributed by atoms with E-state index >= 15 is 0 Å². The summed E-state index contributed by atoms with van der Waals surface area (Å²) in [6.45, 7) is 8.18. The standard InChI is InChI=1S/C27H32N4O4.Na/c1-16-6-9-22(18(3)12-16)26(23-10-7-17(2)13-19(23)4)24(27-28-29-30-31(27)5)11-8-20(32)14-21(33)15-25(34)35;/h6-13,20-21,32-33H,14-15H2,1-5H3,(H,34,35);/q;+1/p-1. The molecule has 0 radical (unpaired) electrons. The van der Waals surface area contributed by atoms with Gasteiger partial charge in [-0.05, 0) is 60.4 Å². The Kier molecular flexibility index (Phi) is 10.8. The minimum Gasteiger partial charge on any atom is -0.550 e. The molecule has 3 rings (SSSR count). The molecule has 0 saturated carbocycles. The van der Waals surface area contributed by atoms with E-state index in [0.717, 1.165) is 39.0 Å². The Morgan fingerprint density at radius 1 is 1.03 bits per heavy atom. The van der Waals surface area contributed by atoms with Crippen LogP contribution in [0.5, 0.6) is 0 Å². The van der Waals surface area contributed by atoms with Gasteiger partial charge in [-0.15, -0.1) is 5.10 Å². The van der Waals surface area contributed by atoms with Crippen molar-refractivity contribution in [3.63, 3.8) is 0 Å². The van der Waals surface area contributed by atoms with Crippen LogP contribution in [0, 0.1) is 27.7 Å². The third-order valence-electron chi connectivity index (χ3n) is 5.83. The number of aryl methyl sites for hydroxylation is 5. The number of nitrogens with zero attached hydrogens (tertiary/aromatic N) is 4. The summed E-state index contributed by atoms with van der Waals surface area (Å²) in [6.07, 6.45) is 0.266. The van der Waals surface area contributed by atoms with Crippen LogP contribution in [0.4, 0.5) is 0 Å². The van der Waals surface area contributed by atoms with E-state index < -0.39 is 24.6 Å². The minimum absolute atomic E-state index is 0. The van der Waals surface area contributed by atoms with Crippen LogP contribution in [0.2, 0.25) is 0 Å². The molecule has 8 nitrogen and oxygen atoms in total. The number of hydrogen-bond acceptors (Lipinski definition) is 7. The average molecular weight is 499 g/mol. The molecule has 9 heteroatoms. The van der Waals surface area contributed by atoms with Crippen LogP contribution in [-0.2, 0) is 11.8 Å². The summed E-state index contributed by atoms with van der Waals surface area (Å²) in [5.74, 6) is -0.870. The van der Waals surface area contributed by atoms with E-state index in [0.29, 0.717) is 11.4 Å². The van der Waals surface area contributed by atoms with E-state index in [9.17, 15) is 20.1 Å². The van der Waals surface area contributed by atoms with Gasteiger partial charge in [0.15, 0.2) is 5.82 Å². The zero-order valence-electron chi connectivity index (χ0n) is 21.7. The largest absolute Gasteiger partial charge is 1.00 e. The molecule has 0 amide bonds. The van der Waals surface area contributed by atoms with Crippen LogP contribution in [-0.4, -0.2) is 48.6 Å². The molecule has 2 N–H and O–H groups in total. The van der Waals surface area contributed by atoms with Crippen molar-refractivity contribution < 1.29 is 49.7 Å². The van der Waals surface area contributed by atoms with Crippen molar-refractivity contribution in [2.45, 2.75) is 52.7 Å². The number of carbonyl (C=O) groups is 1. The number of carbonyl (C=O) groups excluding carboxylic acids is 1. The maximum absolute atomic E-state index is 10.8. The van der Waals surface area contributed by atoms with Gasteiger partial charge in [0.05, 0.1) is 12.2 Å². The van der Waals surface area contributed by atoms with Gasteiger partial charge in [0.25, 0.3) is 0 Å². The topological polar surface area (TPSA) is 124 Å². The zero-order valence-corrected chi connectivity index (χ0v) is 23.7. The van der Waals surface area contributed by atoms with E-state index in [-0.39, 0.29) is 36.0 Å². The van der Waals surface area contributed by atoms with Gasteiger partial charge in [0.1, 0.15) is 0 Å². The van der Waals surface area contributed by atoms with Crippen molar-refractivity contribution in [3.8, 4) is 0 Å². The molecule has 2 atom stereocenters. The zero-order chi connectivity index (χ0) is 25.7. The maximum atomic E-state index is 10.8. The molecule has 0 fully saturated rings. The summed E-state index contributed by atoms with van der Waals surface area (Å²) in [7, 11) is 1.74. The number of tetrazole rings is 1. The van der Waals surface area contributed by atoms with Crippen LogP contribution in [0.1, 0.15) is 52.0 Å². The molecule has 36 heavy (non-hydrogen) atoms. The molecule has 1 aromatic heterocycles. The van der Waals surface area contributed by atoms with Crippen LogP contribution >= 0.6 is 0 Å². The Bertz CT molecular complexity index is 1230. The van der Waals surface area contributed by atoms with Gasteiger partial charge in [-0.2, -0.15) is 0 Å². The van der Waals surface area contributed by atoms with Gasteiger partial charge in [0.2, 0.25) is 0 Å². The summed E-state index contributed by atoms with van der Waals surface area (Å²) < 4.78 is 1.56. The smallest absolute Gasteiger partial charge is 0.550 e. The second-order valence-corrected chi connectivity index (χ2v) is 8.94. The average Bonchev–Trinajstić information content (AvgIpc) is 3.17. The number of carboxylic acids is 1. The third kappa shape index (κ3) is 7.44. The quantitative estimate of drug-likeness (QED) is 0.293. The fourth-order valence-corrected chi connectivity index (χ4v) is 4.19. The molecular formula is C27H31N4NaO4. The van der Waals surface area contributed by atoms with Crippen molar-refractivity contribution in [2.24, 2.45) is 7.05 Å². The summed E-state index contributed by atoms with van der Waals surface area (Å²) in [4.78, 5) is 10.8. The molecule has 1 heterocycles. The Balaban J connectivity index is 0.00000456. The monoisotopic (exact) mass is 498 g/mol. The summed E-state index contributed by atoms with van der Waals surface area (Å²) >= 11 is 0. The molecule has 0 aliphatic heterocycles. The third-order valence-corrected chi connectivity index (χ3v) is 5.83. The molecule has 0 aliphatic rings. The first kappa shape index (κ1) is 29.6. The molecule has 0 aliphatic carbocycles. The van der Waals surface area contributed by atoms with Gasteiger partial charge < -0.3 is 20.1 Å². The van der Waals surface area contributed by atoms with E-state index in [2.05, 4.69) is 39.8 Å². The number of rotatable bonds is 9. The summed E-state index contributed by atoms with van der Waals surface area (Å²) in [5, 5.41) is 43.2. The number of aliphatic hydroxyl groups is 2. The Morgan fingerprint density at radius 2 is 1.58 bits per heavy atom. The molecule has 0 spiro atoms. The molecule has 2 unspecified atom stereocenters. The van der Waals surface area contributed by atoms with Crippen molar-refractivity contribution in [2.75, 3.05) is 0 Å². The van der Waals surface area contributed by atoms with Crippen molar-refractivity contribution >= 4 is 17.1 Å². The van der Waals surface area contributed by atoms with E-state index in [1.807, 2.05) is 39.8 Å². The first-order valence-electron chi connectivity index (χ1n) is 11.4. The number of aliphatic carboxylic acids is 1. The summed E-state index contributed by atoms with van der Waals surface area (Å²) in [5.41, 5.74) is 8.01. The number of hydrogen-bond donors (Lipinski definition) is 2. The molecule has 2 aromatic carbocycles. The van der Waals surface area contributed by atoms with E-state index in [4.69, 9.17) is 0 Å².